The van der Waals surface area contributed by atoms with Crippen LogP contribution in [-0.4, -0.2) is 35.8 Å². The number of H-pyrrole nitrogens is 1. The summed E-state index contributed by atoms with van der Waals surface area (Å²) in [5.41, 5.74) is 5.78. The van der Waals surface area contributed by atoms with Gasteiger partial charge in [0, 0.05) is 36.2 Å². The molecule has 0 saturated carbocycles. The Kier molecular flexibility index (Phi) is 3.93. The number of nitrogen functional groups attached to an aromatic ring is 1. The molecule has 1 aliphatic rings. The number of nitrogens with one attached hydrogen (secondary N) is 1. The normalized spacial score (nSPS) is 19.1. The minimum Gasteiger partial charge on any atom is -0.384 e. The zero-order valence-corrected chi connectivity index (χ0v) is 12.5. The molecule has 1 atom stereocenters. The third-order valence-corrected chi connectivity index (χ3v) is 3.89. The van der Waals surface area contributed by atoms with Crippen molar-refractivity contribution >= 4 is 11.5 Å². The zero-order valence-electron chi connectivity index (χ0n) is 12.5. The van der Waals surface area contributed by atoms with E-state index in [4.69, 9.17) is 10.5 Å². The molecule has 3 N–H and O–H groups in total. The van der Waals surface area contributed by atoms with Crippen molar-refractivity contribution in [1.29, 1.82) is 0 Å². The number of aromatic nitrogens is 2. The SMILES string of the molecule is CC1COCCN1c1c[nH]c(-c2cnc(N)cc2C(F)(F)F)c1. The summed E-state index contributed by atoms with van der Waals surface area (Å²) in [5, 5.41) is 0. The number of morpholine rings is 1. The molecule has 0 bridgehead atoms. The van der Waals surface area contributed by atoms with Crippen LogP contribution in [0.1, 0.15) is 12.5 Å². The van der Waals surface area contributed by atoms with Crippen molar-refractivity contribution < 1.29 is 17.9 Å². The lowest BCUT2D eigenvalue weighted by Gasteiger charge is -2.34. The van der Waals surface area contributed by atoms with E-state index < -0.39 is 11.7 Å². The number of alkyl halides is 3. The number of aromatic amines is 1. The highest BCUT2D eigenvalue weighted by Crippen LogP contribution is 2.38. The van der Waals surface area contributed by atoms with E-state index in [2.05, 4.69) is 14.9 Å². The van der Waals surface area contributed by atoms with Gasteiger partial charge in [0.05, 0.1) is 24.5 Å². The topological polar surface area (TPSA) is 67.2 Å². The third kappa shape index (κ3) is 3.12. The van der Waals surface area contributed by atoms with E-state index >= 15 is 0 Å². The van der Waals surface area contributed by atoms with Crippen LogP contribution in [0.4, 0.5) is 24.7 Å². The van der Waals surface area contributed by atoms with Gasteiger partial charge >= 0.3 is 6.18 Å². The van der Waals surface area contributed by atoms with Crippen LogP contribution in [0.3, 0.4) is 0 Å². The van der Waals surface area contributed by atoms with Gasteiger partial charge in [-0.15, -0.1) is 0 Å². The second-order valence-electron chi connectivity index (χ2n) is 5.54. The van der Waals surface area contributed by atoms with Crippen LogP contribution in [-0.2, 0) is 10.9 Å². The smallest absolute Gasteiger partial charge is 0.384 e. The van der Waals surface area contributed by atoms with Crippen LogP contribution < -0.4 is 10.6 Å². The fourth-order valence-electron chi connectivity index (χ4n) is 2.74. The molecule has 124 valence electrons. The van der Waals surface area contributed by atoms with E-state index in [1.54, 1.807) is 12.3 Å². The number of nitrogens with two attached hydrogens (primary N) is 1. The van der Waals surface area contributed by atoms with Crippen LogP contribution in [0.2, 0.25) is 0 Å². The van der Waals surface area contributed by atoms with Crippen molar-refractivity contribution in [2.24, 2.45) is 0 Å². The molecule has 1 unspecified atom stereocenters. The molecule has 8 heteroatoms. The van der Waals surface area contributed by atoms with Crippen molar-refractivity contribution in [3.8, 4) is 11.3 Å². The van der Waals surface area contributed by atoms with Crippen molar-refractivity contribution in [1.82, 2.24) is 9.97 Å². The Hall–Kier alpha value is -2.22. The molecule has 3 rings (SSSR count). The van der Waals surface area contributed by atoms with Crippen molar-refractivity contribution in [2.75, 3.05) is 30.4 Å². The first-order chi connectivity index (χ1) is 10.9. The molecule has 2 aromatic heterocycles. The molecule has 5 nitrogen and oxygen atoms in total. The summed E-state index contributed by atoms with van der Waals surface area (Å²) in [7, 11) is 0. The van der Waals surface area contributed by atoms with Crippen LogP contribution in [0.5, 0.6) is 0 Å². The maximum atomic E-state index is 13.2. The lowest BCUT2D eigenvalue weighted by molar-refractivity contribution is -0.137. The highest BCUT2D eigenvalue weighted by atomic mass is 19.4. The van der Waals surface area contributed by atoms with Crippen LogP contribution >= 0.6 is 0 Å². The number of rotatable bonds is 2. The first kappa shape index (κ1) is 15.7. The molecular formula is C15H17F3N4O. The van der Waals surface area contributed by atoms with Crippen LogP contribution in [0.15, 0.2) is 24.5 Å². The van der Waals surface area contributed by atoms with Crippen molar-refractivity contribution in [2.45, 2.75) is 19.1 Å². The Morgan fingerprint density at radius 2 is 2.17 bits per heavy atom. The van der Waals surface area contributed by atoms with Gasteiger partial charge in [-0.3, -0.25) is 0 Å². The van der Waals surface area contributed by atoms with Gasteiger partial charge in [-0.25, -0.2) is 4.98 Å². The lowest BCUT2D eigenvalue weighted by Crippen LogP contribution is -2.43. The standard InChI is InChI=1S/C15H17F3N4O/c1-9-8-23-3-2-22(9)10-4-13(20-6-10)11-7-21-14(19)5-12(11)15(16,17)18/h4-7,9,20H,2-3,8H2,1H3,(H2,19,21). The Morgan fingerprint density at radius 3 is 2.87 bits per heavy atom. The van der Waals surface area contributed by atoms with Crippen molar-refractivity contribution in [3.63, 3.8) is 0 Å². The van der Waals surface area contributed by atoms with E-state index in [0.29, 0.717) is 25.5 Å². The molecule has 1 saturated heterocycles. The Bertz CT molecular complexity index is 698. The highest BCUT2D eigenvalue weighted by molar-refractivity contribution is 5.70. The first-order valence-corrected chi connectivity index (χ1v) is 7.22. The van der Waals surface area contributed by atoms with Gasteiger partial charge in [-0.2, -0.15) is 13.2 Å². The zero-order chi connectivity index (χ0) is 16.6. The monoisotopic (exact) mass is 326 g/mol. The molecule has 3 heterocycles. The van der Waals surface area contributed by atoms with E-state index in [9.17, 15) is 13.2 Å². The molecule has 1 fully saturated rings. The Balaban J connectivity index is 1.98. The molecule has 1 aliphatic heterocycles. The molecule has 0 aliphatic carbocycles. The van der Waals surface area contributed by atoms with E-state index in [1.165, 1.54) is 0 Å². The number of pyridine rings is 1. The van der Waals surface area contributed by atoms with E-state index in [0.717, 1.165) is 18.0 Å². The average molecular weight is 326 g/mol. The van der Waals surface area contributed by atoms with E-state index in [-0.39, 0.29) is 17.4 Å². The summed E-state index contributed by atoms with van der Waals surface area (Å²) in [6.07, 6.45) is -1.64. The largest absolute Gasteiger partial charge is 0.417 e. The van der Waals surface area contributed by atoms with Gasteiger partial charge in [0.25, 0.3) is 0 Å². The van der Waals surface area contributed by atoms with Crippen LogP contribution in [0.25, 0.3) is 11.3 Å². The molecule has 23 heavy (non-hydrogen) atoms. The highest BCUT2D eigenvalue weighted by Gasteiger charge is 2.34. The maximum absolute atomic E-state index is 13.2. The summed E-state index contributed by atoms with van der Waals surface area (Å²) in [6.45, 7) is 3.90. The fourth-order valence-corrected chi connectivity index (χ4v) is 2.74. The number of hydrogen-bond acceptors (Lipinski definition) is 4. The quantitative estimate of drug-likeness (QED) is 0.890. The third-order valence-electron chi connectivity index (χ3n) is 3.89. The number of hydrogen-bond donors (Lipinski definition) is 2. The number of halogens is 3. The molecule has 0 aromatic carbocycles. The Labute approximate surface area is 131 Å². The van der Waals surface area contributed by atoms with Gasteiger partial charge in [0.15, 0.2) is 0 Å². The minimum absolute atomic E-state index is 0.0149. The first-order valence-electron chi connectivity index (χ1n) is 7.22. The van der Waals surface area contributed by atoms with Gasteiger partial charge in [-0.05, 0) is 19.1 Å². The fraction of sp³-hybridized carbons (Fsp3) is 0.400. The van der Waals surface area contributed by atoms with E-state index in [1.807, 2.05) is 6.92 Å². The second-order valence-corrected chi connectivity index (χ2v) is 5.54. The number of anilines is 2. The summed E-state index contributed by atoms with van der Waals surface area (Å²) < 4.78 is 45.0. The second kappa shape index (κ2) is 5.77. The summed E-state index contributed by atoms with van der Waals surface area (Å²) in [6, 6.07) is 2.72. The lowest BCUT2D eigenvalue weighted by atomic mass is 10.1. The number of nitrogens with zero attached hydrogens (tertiary/aromatic N) is 2. The number of ether oxygens (including phenoxy) is 1. The summed E-state index contributed by atoms with van der Waals surface area (Å²) in [5.74, 6) is -0.158. The summed E-state index contributed by atoms with van der Waals surface area (Å²) in [4.78, 5) is 8.80. The molecule has 0 radical (unpaired) electrons. The molecule has 2 aromatic rings. The van der Waals surface area contributed by atoms with Gasteiger partial charge in [0.2, 0.25) is 0 Å². The van der Waals surface area contributed by atoms with Gasteiger partial charge in [0.1, 0.15) is 5.82 Å². The summed E-state index contributed by atoms with van der Waals surface area (Å²) >= 11 is 0. The predicted molar refractivity (Wildman–Crippen MR) is 81.1 cm³/mol. The minimum atomic E-state index is -4.50. The molecule has 0 spiro atoms. The molecule has 0 amide bonds. The average Bonchev–Trinajstić information content (AvgIpc) is 2.96. The van der Waals surface area contributed by atoms with Gasteiger partial charge < -0.3 is 20.4 Å². The maximum Gasteiger partial charge on any atom is 0.417 e. The van der Waals surface area contributed by atoms with Crippen molar-refractivity contribution in [3.05, 3.63) is 30.1 Å². The molecular weight excluding hydrogens is 309 g/mol. The predicted octanol–water partition coefficient (Wildman–Crippen LogP) is 2.90. The van der Waals surface area contributed by atoms with Gasteiger partial charge in [-0.1, -0.05) is 0 Å². The van der Waals surface area contributed by atoms with Crippen LogP contribution in [0, 0.1) is 0 Å². The Morgan fingerprint density at radius 1 is 1.39 bits per heavy atom.